The Morgan fingerprint density at radius 2 is 1.96 bits per heavy atom. The fourth-order valence-electron chi connectivity index (χ4n) is 3.64. The summed E-state index contributed by atoms with van der Waals surface area (Å²) in [6.07, 6.45) is 2.68. The first-order valence-electron chi connectivity index (χ1n) is 8.67. The summed E-state index contributed by atoms with van der Waals surface area (Å²) in [5, 5.41) is 3.00. The predicted molar refractivity (Wildman–Crippen MR) is 89.1 cm³/mol. The number of likely N-dealkylation sites (tertiary alicyclic amines) is 1. The molecule has 0 aliphatic carbocycles. The van der Waals surface area contributed by atoms with Crippen LogP contribution in [0.2, 0.25) is 0 Å². The highest BCUT2D eigenvalue weighted by Gasteiger charge is 2.52. The number of nitrogens with zero attached hydrogens (tertiary/aromatic N) is 2. The quantitative estimate of drug-likeness (QED) is 0.853. The zero-order valence-electron chi connectivity index (χ0n) is 14.9. The number of nitrogens with one attached hydrogen (secondary N) is 1. The lowest BCUT2D eigenvalue weighted by atomic mass is 9.71. The number of rotatable bonds is 4. The summed E-state index contributed by atoms with van der Waals surface area (Å²) in [6, 6.07) is -0.0365. The first-order chi connectivity index (χ1) is 10.9. The Morgan fingerprint density at radius 3 is 2.52 bits per heavy atom. The van der Waals surface area contributed by atoms with E-state index in [9.17, 15) is 9.59 Å². The van der Waals surface area contributed by atoms with E-state index in [1.54, 1.807) is 19.0 Å². The summed E-state index contributed by atoms with van der Waals surface area (Å²) in [6.45, 7) is 7.52. The topological polar surface area (TPSA) is 61.9 Å². The van der Waals surface area contributed by atoms with Gasteiger partial charge in [-0.25, -0.2) is 4.79 Å². The molecule has 0 aromatic carbocycles. The van der Waals surface area contributed by atoms with Crippen LogP contribution >= 0.6 is 0 Å². The molecule has 1 spiro atoms. The van der Waals surface area contributed by atoms with E-state index in [0.29, 0.717) is 38.8 Å². The van der Waals surface area contributed by atoms with Crippen molar-refractivity contribution in [1.29, 1.82) is 0 Å². The van der Waals surface area contributed by atoms with E-state index in [4.69, 9.17) is 4.74 Å². The molecule has 0 saturated carbocycles. The predicted octanol–water partition coefficient (Wildman–Crippen LogP) is 1.56. The van der Waals surface area contributed by atoms with Crippen molar-refractivity contribution in [3.8, 4) is 0 Å². The van der Waals surface area contributed by atoms with E-state index in [1.165, 1.54) is 0 Å². The molecular formula is C17H31N3O3. The third-order valence-corrected chi connectivity index (χ3v) is 5.16. The molecule has 2 rings (SSSR count). The number of hydrogen-bond acceptors (Lipinski definition) is 3. The van der Waals surface area contributed by atoms with Crippen molar-refractivity contribution in [3.63, 3.8) is 0 Å². The largest absolute Gasteiger partial charge is 0.381 e. The van der Waals surface area contributed by atoms with E-state index >= 15 is 0 Å². The molecule has 0 aromatic rings. The van der Waals surface area contributed by atoms with E-state index in [1.807, 2.05) is 4.90 Å². The monoisotopic (exact) mass is 325 g/mol. The minimum Gasteiger partial charge on any atom is -0.381 e. The molecule has 6 heteroatoms. The van der Waals surface area contributed by atoms with Gasteiger partial charge in [-0.2, -0.15) is 0 Å². The van der Waals surface area contributed by atoms with Gasteiger partial charge in [0.15, 0.2) is 0 Å². The summed E-state index contributed by atoms with van der Waals surface area (Å²) in [7, 11) is 3.58. The Labute approximate surface area is 139 Å². The summed E-state index contributed by atoms with van der Waals surface area (Å²) < 4.78 is 5.49. The Hall–Kier alpha value is -1.30. The second-order valence-electron chi connectivity index (χ2n) is 7.55. The summed E-state index contributed by atoms with van der Waals surface area (Å²) >= 11 is 0. The maximum absolute atomic E-state index is 12.6. The van der Waals surface area contributed by atoms with Crippen molar-refractivity contribution >= 4 is 11.9 Å². The van der Waals surface area contributed by atoms with Gasteiger partial charge in [0, 0.05) is 52.4 Å². The van der Waals surface area contributed by atoms with Crippen LogP contribution in [-0.2, 0) is 9.53 Å². The molecule has 1 unspecified atom stereocenters. The van der Waals surface area contributed by atoms with Gasteiger partial charge >= 0.3 is 6.03 Å². The molecule has 2 aliphatic rings. The van der Waals surface area contributed by atoms with E-state index in [0.717, 1.165) is 19.3 Å². The van der Waals surface area contributed by atoms with Gasteiger partial charge in [0.1, 0.15) is 0 Å². The van der Waals surface area contributed by atoms with Gasteiger partial charge < -0.3 is 19.9 Å². The molecule has 2 heterocycles. The van der Waals surface area contributed by atoms with Crippen molar-refractivity contribution in [2.45, 2.75) is 33.1 Å². The van der Waals surface area contributed by atoms with Crippen LogP contribution in [0, 0.1) is 17.3 Å². The van der Waals surface area contributed by atoms with Crippen LogP contribution in [0.5, 0.6) is 0 Å². The van der Waals surface area contributed by atoms with Gasteiger partial charge in [0.2, 0.25) is 5.91 Å². The normalized spacial score (nSPS) is 23.3. The lowest BCUT2D eigenvalue weighted by molar-refractivity contribution is -0.138. The zero-order valence-corrected chi connectivity index (χ0v) is 14.9. The van der Waals surface area contributed by atoms with E-state index in [2.05, 4.69) is 19.2 Å². The highest BCUT2D eigenvalue weighted by atomic mass is 16.5. The number of hydrogen-bond donors (Lipinski definition) is 1. The summed E-state index contributed by atoms with van der Waals surface area (Å²) in [5.74, 6) is 0.584. The number of amides is 3. The first-order valence-corrected chi connectivity index (χ1v) is 8.67. The second kappa shape index (κ2) is 7.51. The zero-order chi connectivity index (χ0) is 17.0. The van der Waals surface area contributed by atoms with Crippen LogP contribution < -0.4 is 5.32 Å². The SMILES string of the molecule is CC(C)CCNC(=O)N1CC(C(=O)N(C)C)C2(CCOCC2)C1. The maximum atomic E-state index is 12.6. The fourth-order valence-corrected chi connectivity index (χ4v) is 3.64. The Kier molecular flexibility index (Phi) is 5.89. The van der Waals surface area contributed by atoms with Crippen LogP contribution in [0.4, 0.5) is 4.79 Å². The Morgan fingerprint density at radius 1 is 1.30 bits per heavy atom. The first kappa shape index (κ1) is 18.0. The molecule has 0 bridgehead atoms. The minimum atomic E-state index is -0.116. The van der Waals surface area contributed by atoms with Gasteiger partial charge in [-0.3, -0.25) is 4.79 Å². The van der Waals surface area contributed by atoms with Crippen LogP contribution in [0.25, 0.3) is 0 Å². The van der Waals surface area contributed by atoms with E-state index in [-0.39, 0.29) is 23.3 Å². The average molecular weight is 325 g/mol. The van der Waals surface area contributed by atoms with Crippen LogP contribution in [0.1, 0.15) is 33.1 Å². The van der Waals surface area contributed by atoms with Crippen molar-refractivity contribution in [3.05, 3.63) is 0 Å². The third-order valence-electron chi connectivity index (χ3n) is 5.16. The minimum absolute atomic E-state index is 0.0365. The summed E-state index contributed by atoms with van der Waals surface area (Å²) in [4.78, 5) is 28.6. The Balaban J connectivity index is 2.04. The third kappa shape index (κ3) is 4.16. The standard InChI is InChI=1S/C17H31N3O3/c1-13(2)5-8-18-16(22)20-11-14(15(21)19(3)4)17(12-20)6-9-23-10-7-17/h13-14H,5-12H2,1-4H3,(H,18,22). The van der Waals surface area contributed by atoms with Crippen molar-refractivity contribution in [1.82, 2.24) is 15.1 Å². The molecular weight excluding hydrogens is 294 g/mol. The number of ether oxygens (including phenoxy) is 1. The lowest BCUT2D eigenvalue weighted by Gasteiger charge is -2.37. The number of urea groups is 1. The molecule has 0 radical (unpaired) electrons. The molecule has 2 fully saturated rings. The van der Waals surface area contributed by atoms with Gasteiger partial charge in [-0.05, 0) is 25.2 Å². The smallest absolute Gasteiger partial charge is 0.317 e. The molecule has 1 N–H and O–H groups in total. The van der Waals surface area contributed by atoms with Crippen LogP contribution in [-0.4, -0.2) is 68.7 Å². The maximum Gasteiger partial charge on any atom is 0.317 e. The highest BCUT2D eigenvalue weighted by Crippen LogP contribution is 2.44. The van der Waals surface area contributed by atoms with Crippen LogP contribution in [0.15, 0.2) is 0 Å². The molecule has 1 atom stereocenters. The van der Waals surface area contributed by atoms with E-state index < -0.39 is 0 Å². The van der Waals surface area contributed by atoms with Gasteiger partial charge in [0.25, 0.3) is 0 Å². The molecule has 6 nitrogen and oxygen atoms in total. The molecule has 0 aromatic heterocycles. The fraction of sp³-hybridized carbons (Fsp3) is 0.882. The molecule has 2 saturated heterocycles. The van der Waals surface area contributed by atoms with Crippen molar-refractivity contribution in [2.75, 3.05) is 46.9 Å². The van der Waals surface area contributed by atoms with Gasteiger partial charge in [-0.1, -0.05) is 13.8 Å². The van der Waals surface area contributed by atoms with Gasteiger partial charge in [-0.15, -0.1) is 0 Å². The lowest BCUT2D eigenvalue weighted by Crippen LogP contribution is -2.44. The van der Waals surface area contributed by atoms with Crippen molar-refractivity contribution < 1.29 is 14.3 Å². The van der Waals surface area contributed by atoms with Crippen LogP contribution in [0.3, 0.4) is 0 Å². The molecule has 132 valence electrons. The summed E-state index contributed by atoms with van der Waals surface area (Å²) in [5.41, 5.74) is -0.116. The molecule has 23 heavy (non-hydrogen) atoms. The van der Waals surface area contributed by atoms with Gasteiger partial charge in [0.05, 0.1) is 5.92 Å². The molecule has 3 amide bonds. The van der Waals surface area contributed by atoms with Crippen molar-refractivity contribution in [2.24, 2.45) is 17.3 Å². The average Bonchev–Trinajstić information content (AvgIpc) is 2.85. The number of carbonyl (C=O) groups is 2. The molecule has 2 aliphatic heterocycles. The second-order valence-corrected chi connectivity index (χ2v) is 7.55. The number of carbonyl (C=O) groups excluding carboxylic acids is 2. The highest BCUT2D eigenvalue weighted by molar-refractivity contribution is 5.82. The Bertz CT molecular complexity index is 431.